The summed E-state index contributed by atoms with van der Waals surface area (Å²) in [5, 5.41) is 2.05. The Balaban J connectivity index is 1.62. The van der Waals surface area contributed by atoms with Crippen LogP contribution in [0.3, 0.4) is 0 Å². The fourth-order valence-electron chi connectivity index (χ4n) is 4.13. The van der Waals surface area contributed by atoms with Crippen molar-refractivity contribution in [3.63, 3.8) is 0 Å². The quantitative estimate of drug-likeness (QED) is 0.476. The minimum Gasteiger partial charge on any atom is -0.379 e. The van der Waals surface area contributed by atoms with E-state index in [0.29, 0.717) is 16.9 Å². The second-order valence-electron chi connectivity index (χ2n) is 7.61. The Labute approximate surface area is 176 Å². The molecule has 4 aromatic rings. The number of aryl methyl sites for hydroxylation is 2. The molecule has 158 valence electrons. The second kappa shape index (κ2) is 7.53. The van der Waals surface area contributed by atoms with Crippen molar-refractivity contribution in [2.24, 2.45) is 14.1 Å². The Morgan fingerprint density at radius 2 is 1.93 bits per heavy atom. The van der Waals surface area contributed by atoms with Gasteiger partial charge in [-0.3, -0.25) is 23.2 Å². The third-order valence-electron chi connectivity index (χ3n) is 5.79. The van der Waals surface area contributed by atoms with Crippen LogP contribution in [0.25, 0.3) is 27.5 Å². The Morgan fingerprint density at radius 1 is 1.13 bits per heavy atom. The summed E-state index contributed by atoms with van der Waals surface area (Å²) in [6, 6.07) is 4.10. The zero-order chi connectivity index (χ0) is 20.8. The average molecular weight is 429 g/mol. The van der Waals surface area contributed by atoms with Gasteiger partial charge in [0.2, 0.25) is 5.78 Å². The summed E-state index contributed by atoms with van der Waals surface area (Å²) in [6.45, 7) is 5.26. The SMILES string of the molecule is Cn1c(=O)c2c(nc3n(CCCN4CCOCC4)c(-c4cccs4)cn23)n(C)c1=O. The number of fused-ring (bicyclic) bond motifs is 3. The predicted molar refractivity (Wildman–Crippen MR) is 116 cm³/mol. The summed E-state index contributed by atoms with van der Waals surface area (Å²) in [7, 11) is 3.16. The second-order valence-corrected chi connectivity index (χ2v) is 8.56. The van der Waals surface area contributed by atoms with Crippen molar-refractivity contribution in [1.82, 2.24) is 28.0 Å². The molecule has 1 aliphatic heterocycles. The van der Waals surface area contributed by atoms with Crippen LogP contribution in [-0.4, -0.2) is 60.8 Å². The van der Waals surface area contributed by atoms with E-state index in [1.54, 1.807) is 18.4 Å². The molecule has 0 aliphatic carbocycles. The first-order valence-corrected chi connectivity index (χ1v) is 11.0. The van der Waals surface area contributed by atoms with E-state index >= 15 is 0 Å². The van der Waals surface area contributed by atoms with Gasteiger partial charge in [-0.05, 0) is 17.9 Å². The lowest BCUT2D eigenvalue weighted by Crippen LogP contribution is -2.37. The molecule has 30 heavy (non-hydrogen) atoms. The van der Waals surface area contributed by atoms with Crippen molar-refractivity contribution in [3.05, 3.63) is 44.5 Å². The smallest absolute Gasteiger partial charge is 0.332 e. The van der Waals surface area contributed by atoms with E-state index in [1.807, 2.05) is 22.0 Å². The number of rotatable bonds is 5. The summed E-state index contributed by atoms with van der Waals surface area (Å²) < 4.78 is 12.0. The molecule has 5 heterocycles. The maximum absolute atomic E-state index is 12.9. The van der Waals surface area contributed by atoms with Crippen LogP contribution in [0.5, 0.6) is 0 Å². The number of ether oxygens (including phenoxy) is 1. The van der Waals surface area contributed by atoms with Crippen LogP contribution in [-0.2, 0) is 25.4 Å². The molecule has 4 aromatic heterocycles. The molecule has 0 atom stereocenters. The van der Waals surface area contributed by atoms with Crippen LogP contribution in [0.4, 0.5) is 0 Å². The molecule has 0 bridgehead atoms. The van der Waals surface area contributed by atoms with Crippen LogP contribution in [0.15, 0.2) is 33.3 Å². The van der Waals surface area contributed by atoms with E-state index in [-0.39, 0.29) is 11.2 Å². The molecule has 10 heteroatoms. The molecule has 0 aromatic carbocycles. The number of thiophene rings is 1. The topological polar surface area (TPSA) is 78.7 Å². The highest BCUT2D eigenvalue weighted by Gasteiger charge is 2.21. The van der Waals surface area contributed by atoms with Gasteiger partial charge in [-0.1, -0.05) is 6.07 Å². The van der Waals surface area contributed by atoms with Gasteiger partial charge >= 0.3 is 5.69 Å². The minimum absolute atomic E-state index is 0.330. The lowest BCUT2D eigenvalue weighted by molar-refractivity contribution is 0.0370. The predicted octanol–water partition coefficient (Wildman–Crippen LogP) is 1.14. The zero-order valence-corrected chi connectivity index (χ0v) is 17.9. The molecule has 9 nitrogen and oxygen atoms in total. The van der Waals surface area contributed by atoms with Gasteiger partial charge < -0.3 is 9.30 Å². The van der Waals surface area contributed by atoms with E-state index < -0.39 is 0 Å². The Morgan fingerprint density at radius 3 is 2.67 bits per heavy atom. The van der Waals surface area contributed by atoms with Crippen molar-refractivity contribution in [2.75, 3.05) is 32.8 Å². The Kier molecular flexibility index (Phi) is 4.84. The average Bonchev–Trinajstić information content (AvgIpc) is 3.47. The van der Waals surface area contributed by atoms with Gasteiger partial charge in [0.05, 0.1) is 23.8 Å². The van der Waals surface area contributed by atoms with Crippen molar-refractivity contribution < 1.29 is 4.74 Å². The van der Waals surface area contributed by atoms with Gasteiger partial charge in [0.25, 0.3) is 5.56 Å². The van der Waals surface area contributed by atoms with Gasteiger partial charge in [0.1, 0.15) is 0 Å². The largest absolute Gasteiger partial charge is 0.379 e. The third-order valence-corrected chi connectivity index (χ3v) is 6.68. The van der Waals surface area contributed by atoms with Crippen molar-refractivity contribution in [3.8, 4) is 10.6 Å². The zero-order valence-electron chi connectivity index (χ0n) is 17.1. The van der Waals surface area contributed by atoms with Gasteiger partial charge in [-0.2, -0.15) is 4.98 Å². The molecular weight excluding hydrogens is 404 g/mol. The number of nitrogens with zero attached hydrogens (tertiary/aromatic N) is 6. The maximum Gasteiger partial charge on any atom is 0.332 e. The summed E-state index contributed by atoms with van der Waals surface area (Å²) in [5.41, 5.74) is 1.18. The number of hydrogen-bond acceptors (Lipinski definition) is 6. The van der Waals surface area contributed by atoms with Crippen LogP contribution >= 0.6 is 11.3 Å². The van der Waals surface area contributed by atoms with E-state index in [9.17, 15) is 9.59 Å². The van der Waals surface area contributed by atoms with Gasteiger partial charge in [-0.25, -0.2) is 4.79 Å². The van der Waals surface area contributed by atoms with Gasteiger partial charge in [-0.15, -0.1) is 11.3 Å². The van der Waals surface area contributed by atoms with Crippen molar-refractivity contribution in [1.29, 1.82) is 0 Å². The molecule has 1 fully saturated rings. The molecule has 0 amide bonds. The summed E-state index contributed by atoms with van der Waals surface area (Å²) in [6.07, 6.45) is 2.93. The fraction of sp³-hybridized carbons (Fsp3) is 0.450. The van der Waals surface area contributed by atoms with Crippen LogP contribution in [0, 0.1) is 0 Å². The van der Waals surface area contributed by atoms with Crippen LogP contribution in [0.1, 0.15) is 6.42 Å². The lowest BCUT2D eigenvalue weighted by Gasteiger charge is -2.26. The van der Waals surface area contributed by atoms with Crippen LogP contribution in [0.2, 0.25) is 0 Å². The maximum atomic E-state index is 12.9. The molecule has 1 aliphatic rings. The highest BCUT2D eigenvalue weighted by Crippen LogP contribution is 2.29. The molecule has 0 spiro atoms. The van der Waals surface area contributed by atoms with E-state index in [4.69, 9.17) is 9.72 Å². The number of imidazole rings is 2. The molecule has 1 saturated heterocycles. The summed E-state index contributed by atoms with van der Waals surface area (Å²) >= 11 is 1.66. The normalized spacial score (nSPS) is 15.5. The first kappa shape index (κ1) is 19.3. The summed E-state index contributed by atoms with van der Waals surface area (Å²) in [4.78, 5) is 33.5. The first-order chi connectivity index (χ1) is 14.6. The van der Waals surface area contributed by atoms with E-state index in [0.717, 1.165) is 61.0 Å². The standard InChI is InChI=1S/C20H24N6O3S/c1-22-17-16(18(27)23(2)20(22)28)26-13-14(15-5-3-12-30-15)25(19(26)21-17)7-4-6-24-8-10-29-11-9-24/h3,5,12-13H,4,6-11H2,1-2H3. The Hall–Kier alpha value is -2.69. The van der Waals surface area contributed by atoms with E-state index in [1.165, 1.54) is 11.6 Å². The fourth-order valence-corrected chi connectivity index (χ4v) is 4.88. The van der Waals surface area contributed by atoms with E-state index in [2.05, 4.69) is 15.5 Å². The molecule has 5 rings (SSSR count). The van der Waals surface area contributed by atoms with Crippen molar-refractivity contribution in [2.45, 2.75) is 13.0 Å². The molecule has 0 unspecified atom stereocenters. The number of morpholine rings is 1. The number of hydrogen-bond donors (Lipinski definition) is 0. The Bertz CT molecular complexity index is 1320. The monoisotopic (exact) mass is 428 g/mol. The molecular formula is C20H24N6O3S. The first-order valence-electron chi connectivity index (χ1n) is 10.1. The van der Waals surface area contributed by atoms with Crippen LogP contribution < -0.4 is 11.2 Å². The number of aromatic nitrogens is 5. The highest BCUT2D eigenvalue weighted by atomic mass is 32.1. The highest BCUT2D eigenvalue weighted by molar-refractivity contribution is 7.13. The lowest BCUT2D eigenvalue weighted by atomic mass is 10.3. The van der Waals surface area contributed by atoms with Gasteiger partial charge in [0, 0.05) is 46.5 Å². The third kappa shape index (κ3) is 3.03. The molecule has 0 N–H and O–H groups in total. The van der Waals surface area contributed by atoms with Gasteiger partial charge in [0.15, 0.2) is 11.2 Å². The summed E-state index contributed by atoms with van der Waals surface area (Å²) in [5.74, 6) is 0.689. The minimum atomic E-state index is -0.370. The molecule has 0 radical (unpaired) electrons. The van der Waals surface area contributed by atoms with Crippen molar-refractivity contribution >= 4 is 28.3 Å². The molecule has 0 saturated carbocycles.